The number of hydrogen-bond donors (Lipinski definition) is 1. The number of piperidine rings is 1. The summed E-state index contributed by atoms with van der Waals surface area (Å²) in [5.41, 5.74) is -1.49. The predicted molar refractivity (Wildman–Crippen MR) is 77.0 cm³/mol. The molecule has 6 heteroatoms. The second-order valence-electron chi connectivity index (χ2n) is 5.86. The van der Waals surface area contributed by atoms with Crippen molar-refractivity contribution in [1.82, 2.24) is 4.90 Å². The van der Waals surface area contributed by atoms with Crippen LogP contribution in [0.5, 0.6) is 0 Å². The average molecular weight is 303 g/mol. The molecule has 1 aliphatic heterocycles. The Kier molecular flexibility index (Phi) is 6.42. The van der Waals surface area contributed by atoms with E-state index in [9.17, 15) is 19.1 Å². The van der Waals surface area contributed by atoms with Gasteiger partial charge in [0.1, 0.15) is 17.8 Å². The van der Waals surface area contributed by atoms with E-state index in [1.165, 1.54) is 0 Å². The normalized spacial score (nSPS) is 27.2. The summed E-state index contributed by atoms with van der Waals surface area (Å²) in [6.07, 6.45) is 1.68. The molecule has 0 bridgehead atoms. The predicted octanol–water partition coefficient (Wildman–Crippen LogP) is 3.37. The van der Waals surface area contributed by atoms with E-state index in [2.05, 4.69) is 0 Å². The Hall–Kier alpha value is -1.33. The molecule has 1 heterocycles. The molecule has 122 valence electrons. The van der Waals surface area contributed by atoms with Crippen LogP contribution in [-0.4, -0.2) is 46.4 Å². The molecule has 0 aliphatic carbocycles. The number of amides is 1. The minimum absolute atomic E-state index is 0.0897. The number of aliphatic carboxylic acids is 1. The van der Waals surface area contributed by atoms with Crippen LogP contribution in [-0.2, 0) is 9.53 Å². The van der Waals surface area contributed by atoms with E-state index in [0.29, 0.717) is 12.8 Å². The van der Waals surface area contributed by atoms with Crippen molar-refractivity contribution in [2.75, 3.05) is 6.54 Å². The van der Waals surface area contributed by atoms with Crippen molar-refractivity contribution in [3.05, 3.63) is 0 Å². The minimum Gasteiger partial charge on any atom is -0.480 e. The maximum atomic E-state index is 14.7. The first-order chi connectivity index (χ1) is 9.83. The summed E-state index contributed by atoms with van der Waals surface area (Å²) in [5, 5.41) is 9.29. The van der Waals surface area contributed by atoms with E-state index in [0.717, 1.165) is 17.7 Å². The smallest absolute Gasteiger partial charge is 0.410 e. The van der Waals surface area contributed by atoms with Crippen LogP contribution in [0.4, 0.5) is 9.18 Å². The first kappa shape index (κ1) is 17.7. The van der Waals surface area contributed by atoms with Gasteiger partial charge in [-0.1, -0.05) is 26.7 Å². The van der Waals surface area contributed by atoms with Crippen molar-refractivity contribution < 1.29 is 23.8 Å². The molecule has 0 aromatic carbocycles. The highest BCUT2D eigenvalue weighted by molar-refractivity contribution is 5.80. The minimum atomic E-state index is -1.49. The monoisotopic (exact) mass is 303 g/mol. The SMILES string of the molecule is CCCCC1(F)CCN(C(=O)OC(C)CC)C(C(=O)O)C1. The quantitative estimate of drug-likeness (QED) is 0.817. The first-order valence-electron chi connectivity index (χ1n) is 7.72. The number of rotatable bonds is 6. The summed E-state index contributed by atoms with van der Waals surface area (Å²) in [5.74, 6) is -1.17. The number of alkyl halides is 1. The molecule has 1 rings (SSSR count). The van der Waals surface area contributed by atoms with Gasteiger partial charge in [0.15, 0.2) is 0 Å². The second kappa shape index (κ2) is 7.61. The van der Waals surface area contributed by atoms with Crippen LogP contribution in [0.2, 0.25) is 0 Å². The van der Waals surface area contributed by atoms with Gasteiger partial charge in [0.2, 0.25) is 0 Å². The highest BCUT2D eigenvalue weighted by Crippen LogP contribution is 2.35. The van der Waals surface area contributed by atoms with Gasteiger partial charge < -0.3 is 9.84 Å². The number of carboxylic acid groups (broad SMARTS) is 1. The molecule has 0 aromatic heterocycles. The van der Waals surface area contributed by atoms with Crippen molar-refractivity contribution in [3.63, 3.8) is 0 Å². The van der Waals surface area contributed by atoms with Gasteiger partial charge in [-0.05, 0) is 26.2 Å². The van der Waals surface area contributed by atoms with E-state index >= 15 is 0 Å². The molecule has 1 aliphatic rings. The zero-order valence-electron chi connectivity index (χ0n) is 13.1. The summed E-state index contributed by atoms with van der Waals surface area (Å²) in [6.45, 7) is 5.68. The lowest BCUT2D eigenvalue weighted by atomic mass is 9.84. The largest absolute Gasteiger partial charge is 0.480 e. The van der Waals surface area contributed by atoms with E-state index in [4.69, 9.17) is 4.74 Å². The topological polar surface area (TPSA) is 66.8 Å². The molecule has 1 saturated heterocycles. The summed E-state index contributed by atoms with van der Waals surface area (Å²) in [4.78, 5) is 24.5. The molecule has 1 fully saturated rings. The lowest BCUT2D eigenvalue weighted by Crippen LogP contribution is -2.54. The number of ether oxygens (including phenoxy) is 1. The fraction of sp³-hybridized carbons (Fsp3) is 0.867. The summed E-state index contributed by atoms with van der Waals surface area (Å²) >= 11 is 0. The standard InChI is InChI=1S/C15H26FNO4/c1-4-6-7-15(16)8-9-17(12(10-15)13(18)19)14(20)21-11(3)5-2/h11-12H,4-10H2,1-3H3,(H,18,19). The molecule has 0 radical (unpaired) electrons. The second-order valence-corrected chi connectivity index (χ2v) is 5.86. The van der Waals surface area contributed by atoms with Gasteiger partial charge in [0, 0.05) is 13.0 Å². The summed E-state index contributed by atoms with van der Waals surface area (Å²) < 4.78 is 19.9. The van der Waals surface area contributed by atoms with Crippen molar-refractivity contribution in [2.24, 2.45) is 0 Å². The van der Waals surface area contributed by atoms with Crippen LogP contribution in [0.3, 0.4) is 0 Å². The van der Waals surface area contributed by atoms with Crippen LogP contribution in [0.1, 0.15) is 59.3 Å². The lowest BCUT2D eigenvalue weighted by molar-refractivity contribution is -0.147. The van der Waals surface area contributed by atoms with Gasteiger partial charge >= 0.3 is 12.1 Å². The summed E-state index contributed by atoms with van der Waals surface area (Å²) in [6, 6.07) is -1.14. The molecule has 1 N–H and O–H groups in total. The van der Waals surface area contributed by atoms with Crippen LogP contribution >= 0.6 is 0 Å². The van der Waals surface area contributed by atoms with Crippen molar-refractivity contribution >= 4 is 12.1 Å². The highest BCUT2D eigenvalue weighted by Gasteiger charge is 2.45. The molecule has 3 atom stereocenters. The lowest BCUT2D eigenvalue weighted by Gasteiger charge is -2.40. The zero-order chi connectivity index (χ0) is 16.0. The fourth-order valence-electron chi connectivity index (χ4n) is 2.52. The number of likely N-dealkylation sites (tertiary alicyclic amines) is 1. The Morgan fingerprint density at radius 2 is 2.14 bits per heavy atom. The van der Waals surface area contributed by atoms with E-state index in [-0.39, 0.29) is 25.5 Å². The Labute approximate surface area is 125 Å². The van der Waals surface area contributed by atoms with Crippen molar-refractivity contribution in [1.29, 1.82) is 0 Å². The van der Waals surface area contributed by atoms with Gasteiger partial charge in [0.25, 0.3) is 0 Å². The van der Waals surface area contributed by atoms with Crippen LogP contribution in [0.15, 0.2) is 0 Å². The number of carboxylic acids is 1. The molecular weight excluding hydrogens is 277 g/mol. The van der Waals surface area contributed by atoms with Gasteiger partial charge in [0.05, 0.1) is 0 Å². The molecule has 0 aromatic rings. The molecule has 1 amide bonds. The van der Waals surface area contributed by atoms with Crippen molar-refractivity contribution in [3.8, 4) is 0 Å². The number of nitrogens with zero attached hydrogens (tertiary/aromatic N) is 1. The van der Waals surface area contributed by atoms with E-state index in [1.54, 1.807) is 6.92 Å². The molecule has 0 saturated carbocycles. The third kappa shape index (κ3) is 4.86. The third-order valence-corrected chi connectivity index (χ3v) is 4.11. The zero-order valence-corrected chi connectivity index (χ0v) is 13.1. The number of hydrogen-bond acceptors (Lipinski definition) is 3. The highest BCUT2D eigenvalue weighted by atomic mass is 19.1. The number of carbonyl (C=O) groups is 2. The maximum absolute atomic E-state index is 14.7. The molecular formula is C15H26FNO4. The number of unbranched alkanes of at least 4 members (excludes halogenated alkanes) is 1. The van der Waals surface area contributed by atoms with Crippen LogP contribution < -0.4 is 0 Å². The van der Waals surface area contributed by atoms with Gasteiger partial charge in [-0.25, -0.2) is 14.0 Å². The molecule has 21 heavy (non-hydrogen) atoms. The molecule has 3 unspecified atom stereocenters. The average Bonchev–Trinajstić information content (AvgIpc) is 2.44. The maximum Gasteiger partial charge on any atom is 0.410 e. The third-order valence-electron chi connectivity index (χ3n) is 4.11. The Morgan fingerprint density at radius 3 is 2.67 bits per heavy atom. The van der Waals surface area contributed by atoms with Gasteiger partial charge in [-0.2, -0.15) is 0 Å². The fourth-order valence-corrected chi connectivity index (χ4v) is 2.52. The van der Waals surface area contributed by atoms with Gasteiger partial charge in [-0.3, -0.25) is 4.90 Å². The van der Waals surface area contributed by atoms with Crippen LogP contribution in [0.25, 0.3) is 0 Å². The Bertz CT molecular complexity index is 377. The van der Waals surface area contributed by atoms with E-state index in [1.807, 2.05) is 13.8 Å². The Balaban J connectivity index is 2.75. The number of carbonyl (C=O) groups excluding carboxylic acids is 1. The summed E-state index contributed by atoms with van der Waals surface area (Å²) in [7, 11) is 0. The van der Waals surface area contributed by atoms with E-state index < -0.39 is 23.8 Å². The molecule has 0 spiro atoms. The van der Waals surface area contributed by atoms with Crippen molar-refractivity contribution in [2.45, 2.75) is 77.1 Å². The molecule has 5 nitrogen and oxygen atoms in total. The number of halogens is 1. The Morgan fingerprint density at radius 1 is 1.48 bits per heavy atom. The first-order valence-corrected chi connectivity index (χ1v) is 7.72. The van der Waals surface area contributed by atoms with Gasteiger partial charge in [-0.15, -0.1) is 0 Å². The van der Waals surface area contributed by atoms with Crippen LogP contribution in [0, 0.1) is 0 Å².